The van der Waals surface area contributed by atoms with E-state index in [0.717, 1.165) is 63.4 Å². The number of rotatable bonds is 23. The van der Waals surface area contributed by atoms with Gasteiger partial charge in [-0.15, -0.1) is 0 Å². The third kappa shape index (κ3) is 35.7. The third-order valence-electron chi connectivity index (χ3n) is 6.01. The molecular weight excluding hydrogens is 560 g/mol. The zero-order valence-electron chi connectivity index (χ0n) is 28.1. The number of unbranched alkanes of at least 4 members (excludes halogenated alkanes) is 1. The van der Waals surface area contributed by atoms with Gasteiger partial charge in [-0.05, 0) is 63.8 Å². The molecule has 0 bridgehead atoms. The van der Waals surface area contributed by atoms with Gasteiger partial charge in [-0.25, -0.2) is 0 Å². The minimum Gasteiger partial charge on any atom is -0.391 e. The van der Waals surface area contributed by atoms with E-state index in [2.05, 4.69) is 78.3 Å². The number of hydrogen-bond donors (Lipinski definition) is 3. The largest absolute Gasteiger partial charge is 0.391 e. The fourth-order valence-corrected chi connectivity index (χ4v) is 3.32. The Kier molecular flexibility index (Phi) is 37.5. The molecule has 0 radical (unpaired) electrons. The summed E-state index contributed by atoms with van der Waals surface area (Å²) in [5.41, 5.74) is -0.262. The summed E-state index contributed by atoms with van der Waals surface area (Å²) in [6.07, 6.45) is 29.8. The van der Waals surface area contributed by atoms with E-state index in [-0.39, 0.29) is 17.3 Å². The summed E-state index contributed by atoms with van der Waals surface area (Å²) in [6.45, 7) is 13.0. The predicted molar refractivity (Wildman–Crippen MR) is 186 cm³/mol. The van der Waals surface area contributed by atoms with E-state index in [4.69, 9.17) is 9.29 Å². The van der Waals surface area contributed by atoms with Gasteiger partial charge in [0.1, 0.15) is 12.4 Å². The number of aldehydes is 1. The van der Waals surface area contributed by atoms with Gasteiger partial charge in [0.2, 0.25) is 5.91 Å². The van der Waals surface area contributed by atoms with Crippen LogP contribution in [0.4, 0.5) is 0 Å². The minimum atomic E-state index is -0.817. The maximum absolute atomic E-state index is 11.7. The third-order valence-corrected chi connectivity index (χ3v) is 6.69. The molecule has 0 fully saturated rings. The molecule has 248 valence electrons. The van der Waals surface area contributed by atoms with Crippen molar-refractivity contribution in [2.45, 2.75) is 112 Å². The number of aliphatic hydroxyl groups is 1. The van der Waals surface area contributed by atoms with Crippen molar-refractivity contribution in [3.8, 4) is 0 Å². The van der Waals surface area contributed by atoms with Gasteiger partial charge in [-0.1, -0.05) is 102 Å². The Morgan fingerprint density at radius 3 is 1.79 bits per heavy atom. The molecule has 0 spiro atoms. The fraction of sp³-hybridized carbons (Fsp3) is 0.629. The van der Waals surface area contributed by atoms with Gasteiger partial charge in [0.15, 0.2) is 0 Å². The molecule has 0 unspecified atom stereocenters. The molecule has 0 aliphatic rings. The second kappa shape index (κ2) is 35.8. The molecule has 0 rings (SSSR count). The van der Waals surface area contributed by atoms with Crippen LogP contribution in [0.15, 0.2) is 60.8 Å². The van der Waals surface area contributed by atoms with Crippen molar-refractivity contribution in [2.75, 3.05) is 25.9 Å². The Hall–Kier alpha value is -2.42. The first-order chi connectivity index (χ1) is 20.7. The van der Waals surface area contributed by atoms with Gasteiger partial charge in [0.05, 0.1) is 12.0 Å². The highest BCUT2D eigenvalue weighted by Crippen LogP contribution is 2.22. The molecule has 0 saturated carbocycles. The molecule has 0 aromatic carbocycles. The SMILES string of the molecule is CC.CC/C=C\C/C=C\C/C=C\C/C=C\C/C=C\CCCC(=O)OSCCNC(=O)CCNC.CCC(C)(C)[C@@H](O)C=O. The van der Waals surface area contributed by atoms with Crippen LogP contribution in [0.25, 0.3) is 0 Å². The standard InChI is InChI=1S/C26H42N2O3S.C7H14O2.C2H6/c1-3-4-5-6-7-8-9-10-11-12-13-14-15-16-17-18-19-20-26(30)31-32-24-23-28-25(29)21-22-27-2;1-4-7(2,3)6(9)5-8;1-2/h4-5,7-8,10-11,13-14,16-17,27H,3,6,9,12,15,18-24H2,1-2H3,(H,28,29);5-6,9H,4H2,1-3H3;1-2H3/b5-4-,8-7-,11-10-,14-13-,17-16-;;/t;6-;/m.0./s1. The predicted octanol–water partition coefficient (Wildman–Crippen LogP) is 7.83. The summed E-state index contributed by atoms with van der Waals surface area (Å²) in [7, 11) is 1.81. The fourth-order valence-electron chi connectivity index (χ4n) is 2.83. The van der Waals surface area contributed by atoms with Crippen molar-refractivity contribution in [1.29, 1.82) is 0 Å². The van der Waals surface area contributed by atoms with Crippen LogP contribution in [-0.4, -0.2) is 55.3 Å². The Labute approximate surface area is 268 Å². The second-order valence-electron chi connectivity index (χ2n) is 10.0. The van der Waals surface area contributed by atoms with Crippen LogP contribution in [0.1, 0.15) is 106 Å². The lowest BCUT2D eigenvalue weighted by atomic mass is 9.85. The molecule has 1 atom stereocenters. The summed E-state index contributed by atoms with van der Waals surface area (Å²) in [5.74, 6) is 0.360. The van der Waals surface area contributed by atoms with Crippen molar-refractivity contribution in [2.24, 2.45) is 5.41 Å². The van der Waals surface area contributed by atoms with E-state index in [1.165, 1.54) is 0 Å². The second-order valence-corrected chi connectivity index (χ2v) is 10.8. The maximum Gasteiger partial charge on any atom is 0.317 e. The highest BCUT2D eigenvalue weighted by atomic mass is 32.2. The highest BCUT2D eigenvalue weighted by molar-refractivity contribution is 7.95. The molecule has 1 amide bonds. The topological polar surface area (TPSA) is 105 Å². The molecule has 8 heteroatoms. The van der Waals surface area contributed by atoms with Crippen LogP contribution in [-0.2, 0) is 18.6 Å². The molecule has 3 N–H and O–H groups in total. The quantitative estimate of drug-likeness (QED) is 0.0462. The number of aliphatic hydroxyl groups excluding tert-OH is 1. The minimum absolute atomic E-state index is 0.00309. The van der Waals surface area contributed by atoms with Gasteiger partial charge in [0, 0.05) is 31.7 Å². The van der Waals surface area contributed by atoms with Crippen LogP contribution in [0.5, 0.6) is 0 Å². The van der Waals surface area contributed by atoms with E-state index in [0.29, 0.717) is 38.0 Å². The molecule has 0 aromatic rings. The molecular formula is C35H62N2O5S. The molecule has 0 aliphatic carbocycles. The lowest BCUT2D eigenvalue weighted by molar-refractivity contribution is -0.133. The van der Waals surface area contributed by atoms with Gasteiger partial charge >= 0.3 is 5.97 Å². The van der Waals surface area contributed by atoms with Crippen molar-refractivity contribution < 1.29 is 23.7 Å². The van der Waals surface area contributed by atoms with Crippen LogP contribution >= 0.6 is 12.0 Å². The number of allylic oxidation sites excluding steroid dienone is 10. The lowest BCUT2D eigenvalue weighted by Gasteiger charge is -2.24. The number of amides is 1. The first-order valence-electron chi connectivity index (χ1n) is 15.9. The number of carbonyl (C=O) groups excluding carboxylic acids is 3. The highest BCUT2D eigenvalue weighted by Gasteiger charge is 2.24. The Balaban J connectivity index is -0.00000123. The van der Waals surface area contributed by atoms with Crippen LogP contribution < -0.4 is 10.6 Å². The zero-order chi connectivity index (χ0) is 33.0. The summed E-state index contributed by atoms with van der Waals surface area (Å²) in [6, 6.07) is 0. The van der Waals surface area contributed by atoms with E-state index in [9.17, 15) is 14.4 Å². The molecule has 0 heterocycles. The van der Waals surface area contributed by atoms with Gasteiger partial charge in [0.25, 0.3) is 0 Å². The smallest absolute Gasteiger partial charge is 0.317 e. The van der Waals surface area contributed by atoms with Gasteiger partial charge < -0.3 is 24.7 Å². The first kappa shape index (κ1) is 45.0. The summed E-state index contributed by atoms with van der Waals surface area (Å²) < 4.78 is 5.10. The van der Waals surface area contributed by atoms with Gasteiger partial charge in [-0.3, -0.25) is 9.59 Å². The Bertz CT molecular complexity index is 804. The Morgan fingerprint density at radius 2 is 1.35 bits per heavy atom. The number of hydrogen-bond acceptors (Lipinski definition) is 7. The van der Waals surface area contributed by atoms with E-state index < -0.39 is 6.10 Å². The monoisotopic (exact) mass is 622 g/mol. The summed E-state index contributed by atoms with van der Waals surface area (Å²) in [5, 5.41) is 14.7. The average molecular weight is 623 g/mol. The Morgan fingerprint density at radius 1 is 0.837 bits per heavy atom. The summed E-state index contributed by atoms with van der Waals surface area (Å²) >= 11 is 1.10. The van der Waals surface area contributed by atoms with Crippen molar-refractivity contribution in [3.63, 3.8) is 0 Å². The molecule has 7 nitrogen and oxygen atoms in total. The molecule has 0 aromatic heterocycles. The summed E-state index contributed by atoms with van der Waals surface area (Å²) in [4.78, 5) is 33.1. The van der Waals surface area contributed by atoms with Crippen molar-refractivity contribution in [1.82, 2.24) is 10.6 Å². The van der Waals surface area contributed by atoms with Crippen LogP contribution in [0, 0.1) is 5.41 Å². The average Bonchev–Trinajstić information content (AvgIpc) is 3.02. The first-order valence-corrected chi connectivity index (χ1v) is 16.8. The van der Waals surface area contributed by atoms with E-state index >= 15 is 0 Å². The van der Waals surface area contributed by atoms with E-state index in [1.807, 2.05) is 41.7 Å². The van der Waals surface area contributed by atoms with Crippen molar-refractivity contribution in [3.05, 3.63) is 60.8 Å². The normalized spacial score (nSPS) is 12.4. The molecule has 0 saturated heterocycles. The van der Waals surface area contributed by atoms with Crippen LogP contribution in [0.3, 0.4) is 0 Å². The van der Waals surface area contributed by atoms with Crippen LogP contribution in [0.2, 0.25) is 0 Å². The molecule has 43 heavy (non-hydrogen) atoms. The van der Waals surface area contributed by atoms with Crippen molar-refractivity contribution >= 4 is 30.2 Å². The van der Waals surface area contributed by atoms with Gasteiger partial charge in [-0.2, -0.15) is 0 Å². The number of carbonyl (C=O) groups is 3. The van der Waals surface area contributed by atoms with E-state index in [1.54, 1.807) is 0 Å². The molecule has 0 aliphatic heterocycles. The zero-order valence-corrected chi connectivity index (χ0v) is 28.9. The lowest BCUT2D eigenvalue weighted by Crippen LogP contribution is -2.29. The maximum atomic E-state index is 11.7. The number of nitrogens with one attached hydrogen (secondary N) is 2.